The fraction of sp³-hybridized carbons (Fsp3) is 0.571. The summed E-state index contributed by atoms with van der Waals surface area (Å²) in [5.74, 6) is 2.53. The molecule has 3 rings (SSSR count). The smallest absolute Gasteiger partial charge is 0.122 e. The highest BCUT2D eigenvalue weighted by molar-refractivity contribution is 5.54. The van der Waals surface area contributed by atoms with Gasteiger partial charge in [-0.05, 0) is 48.1 Å². The van der Waals surface area contributed by atoms with E-state index in [1.54, 1.807) is 0 Å². The Balaban J connectivity index is 2.01. The molecule has 0 radical (unpaired) electrons. The number of benzene rings is 1. The van der Waals surface area contributed by atoms with Gasteiger partial charge in [0.1, 0.15) is 5.75 Å². The zero-order valence-corrected chi connectivity index (χ0v) is 9.46. The first kappa shape index (κ1) is 9.26. The summed E-state index contributed by atoms with van der Waals surface area (Å²) < 4.78 is 0. The third-order valence-electron chi connectivity index (χ3n) is 4.18. The second-order valence-corrected chi connectivity index (χ2v) is 5.31. The maximum absolute atomic E-state index is 10.2. The van der Waals surface area contributed by atoms with Gasteiger partial charge in [0.25, 0.3) is 0 Å². The summed E-state index contributed by atoms with van der Waals surface area (Å²) in [6, 6.07) is 4.35. The number of aromatic hydroxyl groups is 1. The van der Waals surface area contributed by atoms with Crippen molar-refractivity contribution in [3.05, 3.63) is 28.8 Å². The van der Waals surface area contributed by atoms with Gasteiger partial charge >= 0.3 is 0 Å². The number of phenols is 1. The molecule has 1 fully saturated rings. The van der Waals surface area contributed by atoms with Crippen LogP contribution in [0.4, 0.5) is 0 Å². The average Bonchev–Trinajstić information content (AvgIpc) is 2.98. The van der Waals surface area contributed by atoms with Gasteiger partial charge in [0, 0.05) is 5.56 Å². The minimum atomic E-state index is 0.545. The van der Waals surface area contributed by atoms with Gasteiger partial charge in [0.05, 0.1) is 0 Å². The first-order valence-electron chi connectivity index (χ1n) is 6.03. The van der Waals surface area contributed by atoms with Crippen LogP contribution in [0.25, 0.3) is 0 Å². The predicted molar refractivity (Wildman–Crippen MR) is 61.4 cm³/mol. The molecule has 0 aromatic heterocycles. The fourth-order valence-electron chi connectivity index (χ4n) is 2.91. The van der Waals surface area contributed by atoms with Crippen molar-refractivity contribution in [2.75, 3.05) is 0 Å². The standard InChI is InChI=1S/C14H18O/c1-8-7-11-5-6-12(14(15)13(8)11)9(2)10-3-4-10/h5-6,8-10,15H,3-4,7H2,1-2H3/t8-,9?/m1/s1. The Morgan fingerprint density at radius 3 is 2.67 bits per heavy atom. The molecule has 1 aromatic rings. The van der Waals surface area contributed by atoms with Crippen molar-refractivity contribution in [3.8, 4) is 5.75 Å². The van der Waals surface area contributed by atoms with Gasteiger partial charge in [-0.2, -0.15) is 0 Å². The summed E-state index contributed by atoms with van der Waals surface area (Å²) in [6.07, 6.45) is 3.82. The Hall–Kier alpha value is -0.980. The van der Waals surface area contributed by atoms with Crippen LogP contribution in [0.15, 0.2) is 12.1 Å². The Labute approximate surface area is 91.1 Å². The van der Waals surface area contributed by atoms with Crippen LogP contribution >= 0.6 is 0 Å². The molecule has 1 nitrogen and oxygen atoms in total. The summed E-state index contributed by atoms with van der Waals surface area (Å²) in [7, 11) is 0. The van der Waals surface area contributed by atoms with E-state index in [0.29, 0.717) is 17.6 Å². The van der Waals surface area contributed by atoms with Gasteiger partial charge in [-0.25, -0.2) is 0 Å². The average molecular weight is 202 g/mol. The van der Waals surface area contributed by atoms with E-state index in [0.717, 1.165) is 12.3 Å². The summed E-state index contributed by atoms with van der Waals surface area (Å²) in [5, 5.41) is 10.2. The van der Waals surface area contributed by atoms with Crippen molar-refractivity contribution < 1.29 is 5.11 Å². The molecule has 1 aromatic carbocycles. The van der Waals surface area contributed by atoms with Gasteiger partial charge in [-0.1, -0.05) is 26.0 Å². The molecule has 1 unspecified atom stereocenters. The Kier molecular flexibility index (Phi) is 1.86. The lowest BCUT2D eigenvalue weighted by atomic mass is 9.75. The van der Waals surface area contributed by atoms with E-state index in [1.165, 1.54) is 29.5 Å². The van der Waals surface area contributed by atoms with E-state index in [-0.39, 0.29) is 0 Å². The molecule has 1 N–H and O–H groups in total. The number of hydrogen-bond acceptors (Lipinski definition) is 1. The van der Waals surface area contributed by atoms with Crippen molar-refractivity contribution in [3.63, 3.8) is 0 Å². The van der Waals surface area contributed by atoms with E-state index in [9.17, 15) is 5.11 Å². The maximum Gasteiger partial charge on any atom is 0.122 e. The quantitative estimate of drug-likeness (QED) is 0.777. The van der Waals surface area contributed by atoms with E-state index < -0.39 is 0 Å². The van der Waals surface area contributed by atoms with Crippen molar-refractivity contribution in [2.45, 2.75) is 44.9 Å². The molecular formula is C14H18O. The highest BCUT2D eigenvalue weighted by Crippen LogP contribution is 2.49. The van der Waals surface area contributed by atoms with Gasteiger partial charge in [-0.3, -0.25) is 0 Å². The fourth-order valence-corrected chi connectivity index (χ4v) is 2.91. The number of hydrogen-bond donors (Lipinski definition) is 1. The van der Waals surface area contributed by atoms with Crippen LogP contribution in [0, 0.1) is 5.92 Å². The van der Waals surface area contributed by atoms with Crippen LogP contribution in [0.5, 0.6) is 5.75 Å². The predicted octanol–water partition coefficient (Wildman–Crippen LogP) is 3.57. The molecule has 0 saturated heterocycles. The van der Waals surface area contributed by atoms with E-state index >= 15 is 0 Å². The van der Waals surface area contributed by atoms with Gasteiger partial charge in [0.2, 0.25) is 0 Å². The van der Waals surface area contributed by atoms with Crippen molar-refractivity contribution in [2.24, 2.45) is 5.92 Å². The molecule has 1 heteroatoms. The van der Waals surface area contributed by atoms with E-state index in [2.05, 4.69) is 26.0 Å². The lowest BCUT2D eigenvalue weighted by Crippen LogP contribution is -2.15. The lowest BCUT2D eigenvalue weighted by Gasteiger charge is -2.30. The first-order chi connectivity index (χ1) is 7.18. The second-order valence-electron chi connectivity index (χ2n) is 5.31. The molecule has 15 heavy (non-hydrogen) atoms. The monoisotopic (exact) mass is 202 g/mol. The Bertz CT molecular complexity index is 404. The second kappa shape index (κ2) is 3.01. The van der Waals surface area contributed by atoms with Crippen LogP contribution in [0.3, 0.4) is 0 Å². The van der Waals surface area contributed by atoms with Gasteiger partial charge < -0.3 is 5.11 Å². The largest absolute Gasteiger partial charge is 0.507 e. The number of fused-ring (bicyclic) bond motifs is 1. The Morgan fingerprint density at radius 1 is 1.33 bits per heavy atom. The van der Waals surface area contributed by atoms with Crippen LogP contribution in [0.1, 0.15) is 55.2 Å². The molecule has 0 bridgehead atoms. The molecule has 2 aliphatic carbocycles. The third kappa shape index (κ3) is 1.29. The molecule has 2 atom stereocenters. The van der Waals surface area contributed by atoms with Crippen molar-refractivity contribution in [1.29, 1.82) is 0 Å². The highest BCUT2D eigenvalue weighted by Gasteiger charge is 2.33. The highest BCUT2D eigenvalue weighted by atomic mass is 16.3. The summed E-state index contributed by atoms with van der Waals surface area (Å²) in [6.45, 7) is 4.45. The molecule has 0 aliphatic heterocycles. The van der Waals surface area contributed by atoms with Crippen LogP contribution in [-0.4, -0.2) is 5.11 Å². The molecule has 80 valence electrons. The summed E-state index contributed by atoms with van der Waals surface area (Å²) in [5.41, 5.74) is 3.76. The number of phenolic OH excluding ortho intramolecular Hbond substituents is 1. The van der Waals surface area contributed by atoms with Crippen LogP contribution in [-0.2, 0) is 6.42 Å². The van der Waals surface area contributed by atoms with Gasteiger partial charge in [0.15, 0.2) is 0 Å². The van der Waals surface area contributed by atoms with E-state index in [4.69, 9.17) is 0 Å². The molecule has 0 heterocycles. The zero-order valence-electron chi connectivity index (χ0n) is 9.46. The minimum Gasteiger partial charge on any atom is -0.507 e. The van der Waals surface area contributed by atoms with E-state index in [1.807, 2.05) is 0 Å². The molecule has 0 spiro atoms. The summed E-state index contributed by atoms with van der Waals surface area (Å²) >= 11 is 0. The first-order valence-corrected chi connectivity index (χ1v) is 6.03. The van der Waals surface area contributed by atoms with Gasteiger partial charge in [-0.15, -0.1) is 0 Å². The normalized spacial score (nSPS) is 25.6. The lowest BCUT2D eigenvalue weighted by molar-refractivity contribution is 0.436. The molecular weight excluding hydrogens is 184 g/mol. The Morgan fingerprint density at radius 2 is 2.07 bits per heavy atom. The van der Waals surface area contributed by atoms with Crippen LogP contribution in [0.2, 0.25) is 0 Å². The minimum absolute atomic E-state index is 0.545. The SMILES string of the molecule is CC(c1ccc2c(c1O)[C@H](C)C2)C1CC1. The van der Waals surface area contributed by atoms with Crippen molar-refractivity contribution >= 4 is 0 Å². The molecule has 2 aliphatic rings. The third-order valence-corrected chi connectivity index (χ3v) is 4.18. The zero-order chi connectivity index (χ0) is 10.6. The maximum atomic E-state index is 10.2. The topological polar surface area (TPSA) is 20.2 Å². The molecule has 1 saturated carbocycles. The molecule has 0 amide bonds. The summed E-state index contributed by atoms with van der Waals surface area (Å²) in [4.78, 5) is 0. The number of rotatable bonds is 2. The van der Waals surface area contributed by atoms with Crippen molar-refractivity contribution in [1.82, 2.24) is 0 Å². The van der Waals surface area contributed by atoms with Crippen LogP contribution < -0.4 is 0 Å².